The number of halogens is 1. The summed E-state index contributed by atoms with van der Waals surface area (Å²) < 4.78 is 11.1. The van der Waals surface area contributed by atoms with E-state index >= 15 is 0 Å². The number of hydrogen-bond acceptors (Lipinski definition) is 4. The molecule has 2 aromatic rings. The normalized spacial score (nSPS) is 15.4. The van der Waals surface area contributed by atoms with Crippen LogP contribution in [0.3, 0.4) is 0 Å². The first-order valence-electron chi connectivity index (χ1n) is 8.78. The first-order chi connectivity index (χ1) is 13.3. The Bertz CT molecular complexity index is 972. The number of carbonyl (C=O) groups is 1. The van der Waals surface area contributed by atoms with E-state index in [9.17, 15) is 4.79 Å². The van der Waals surface area contributed by atoms with E-state index in [0.717, 1.165) is 11.1 Å². The molecule has 0 saturated carbocycles. The number of methoxy groups -OCH3 is 1. The molecule has 0 bridgehead atoms. The number of benzene rings is 2. The van der Waals surface area contributed by atoms with Crippen molar-refractivity contribution in [1.29, 1.82) is 0 Å². The topological polar surface area (TPSA) is 50.8 Å². The molecule has 0 radical (unpaired) electrons. The van der Waals surface area contributed by atoms with Crippen LogP contribution < -0.4 is 19.7 Å². The molecule has 28 heavy (non-hydrogen) atoms. The maximum Gasteiger partial charge on any atom is 0.281 e. The van der Waals surface area contributed by atoms with Crippen LogP contribution in [0.25, 0.3) is 6.08 Å². The molecule has 0 aromatic heterocycles. The third kappa shape index (κ3) is 4.13. The fourth-order valence-electron chi connectivity index (χ4n) is 2.92. The zero-order chi connectivity index (χ0) is 20.4. The van der Waals surface area contributed by atoms with Crippen LogP contribution in [-0.4, -0.2) is 24.2 Å². The summed E-state index contributed by atoms with van der Waals surface area (Å²) >= 11 is 11.4. The minimum atomic E-state index is -0.225. The van der Waals surface area contributed by atoms with E-state index in [2.05, 4.69) is 5.32 Å². The van der Waals surface area contributed by atoms with Crippen molar-refractivity contribution in [3.05, 3.63) is 58.2 Å². The van der Waals surface area contributed by atoms with Gasteiger partial charge in [0.05, 0.1) is 18.9 Å². The number of ether oxygens (including phenoxy) is 2. The fourth-order valence-corrected chi connectivity index (χ4v) is 3.43. The van der Waals surface area contributed by atoms with Crippen LogP contribution in [0.1, 0.15) is 25.0 Å². The van der Waals surface area contributed by atoms with Gasteiger partial charge in [-0.1, -0.05) is 17.7 Å². The molecular weight excluding hydrogens is 396 g/mol. The first-order valence-corrected chi connectivity index (χ1v) is 9.56. The minimum absolute atomic E-state index is 0.0322. The Morgan fingerprint density at radius 1 is 1.18 bits per heavy atom. The van der Waals surface area contributed by atoms with Gasteiger partial charge in [0.25, 0.3) is 5.91 Å². The van der Waals surface area contributed by atoms with Crippen molar-refractivity contribution in [1.82, 2.24) is 5.32 Å². The molecule has 7 heteroatoms. The Balaban J connectivity index is 1.91. The number of hydrogen-bond donors (Lipinski definition) is 1. The SMILES string of the molecule is COc1cc(/C=C2\NC(=S)N(c3ccc(Cl)cc3C)C2=O)ccc1OC(C)C. The van der Waals surface area contributed by atoms with Gasteiger partial charge in [-0.15, -0.1) is 0 Å². The molecular formula is C21H21ClN2O3S. The summed E-state index contributed by atoms with van der Waals surface area (Å²) in [6, 6.07) is 10.8. The van der Waals surface area contributed by atoms with Crippen molar-refractivity contribution in [2.24, 2.45) is 0 Å². The Morgan fingerprint density at radius 2 is 1.93 bits per heavy atom. The molecule has 0 aliphatic carbocycles. The molecule has 1 saturated heterocycles. The third-order valence-electron chi connectivity index (χ3n) is 4.14. The van der Waals surface area contributed by atoms with Crippen LogP contribution in [0.5, 0.6) is 11.5 Å². The van der Waals surface area contributed by atoms with Crippen LogP contribution >= 0.6 is 23.8 Å². The molecule has 1 amide bonds. The highest BCUT2D eigenvalue weighted by Crippen LogP contribution is 2.31. The highest BCUT2D eigenvalue weighted by Gasteiger charge is 2.32. The molecule has 0 atom stereocenters. The molecule has 1 heterocycles. The largest absolute Gasteiger partial charge is 0.493 e. The van der Waals surface area contributed by atoms with Crippen molar-refractivity contribution < 1.29 is 14.3 Å². The summed E-state index contributed by atoms with van der Waals surface area (Å²) in [4.78, 5) is 14.4. The fraction of sp³-hybridized carbons (Fsp3) is 0.238. The van der Waals surface area contributed by atoms with E-state index in [-0.39, 0.29) is 12.0 Å². The molecule has 0 unspecified atom stereocenters. The van der Waals surface area contributed by atoms with Gasteiger partial charge >= 0.3 is 0 Å². The number of anilines is 1. The predicted molar refractivity (Wildman–Crippen MR) is 116 cm³/mol. The number of aryl methyl sites for hydroxylation is 1. The monoisotopic (exact) mass is 416 g/mol. The molecule has 3 rings (SSSR count). The number of thiocarbonyl (C=S) groups is 1. The van der Waals surface area contributed by atoms with Gasteiger partial charge in [0.15, 0.2) is 16.6 Å². The number of nitrogens with zero attached hydrogens (tertiary/aromatic N) is 1. The smallest absolute Gasteiger partial charge is 0.281 e. The van der Waals surface area contributed by atoms with Crippen molar-refractivity contribution >= 4 is 46.6 Å². The van der Waals surface area contributed by atoms with E-state index in [1.54, 1.807) is 31.4 Å². The molecule has 1 aliphatic heterocycles. The Hall–Kier alpha value is -2.57. The van der Waals surface area contributed by atoms with E-state index in [0.29, 0.717) is 33.0 Å². The van der Waals surface area contributed by atoms with Crippen LogP contribution in [0.15, 0.2) is 42.1 Å². The first kappa shape index (κ1) is 20.2. The van der Waals surface area contributed by atoms with Gasteiger partial charge in [-0.25, -0.2) is 0 Å². The third-order valence-corrected chi connectivity index (χ3v) is 4.66. The van der Waals surface area contributed by atoms with Crippen molar-refractivity contribution in [3.8, 4) is 11.5 Å². The van der Waals surface area contributed by atoms with Gasteiger partial charge in [-0.05, 0) is 80.5 Å². The summed E-state index contributed by atoms with van der Waals surface area (Å²) in [7, 11) is 1.58. The lowest BCUT2D eigenvalue weighted by Crippen LogP contribution is -2.30. The summed E-state index contributed by atoms with van der Waals surface area (Å²) in [5.74, 6) is 1.03. The maximum absolute atomic E-state index is 12.9. The lowest BCUT2D eigenvalue weighted by atomic mass is 10.1. The molecule has 146 valence electrons. The van der Waals surface area contributed by atoms with Crippen LogP contribution in [0.2, 0.25) is 5.02 Å². The van der Waals surface area contributed by atoms with Crippen LogP contribution in [0, 0.1) is 6.92 Å². The van der Waals surface area contributed by atoms with E-state index in [4.69, 9.17) is 33.3 Å². The molecule has 1 N–H and O–H groups in total. The quantitative estimate of drug-likeness (QED) is 0.565. The molecule has 2 aromatic carbocycles. The number of nitrogens with one attached hydrogen (secondary N) is 1. The van der Waals surface area contributed by atoms with Crippen LogP contribution in [-0.2, 0) is 4.79 Å². The molecule has 1 aliphatic rings. The number of rotatable bonds is 5. The second-order valence-electron chi connectivity index (χ2n) is 6.64. The van der Waals surface area contributed by atoms with Crippen LogP contribution in [0.4, 0.5) is 5.69 Å². The average molecular weight is 417 g/mol. The lowest BCUT2D eigenvalue weighted by molar-refractivity contribution is -0.113. The Kier molecular flexibility index (Phi) is 5.91. The molecule has 5 nitrogen and oxygen atoms in total. The number of carbonyl (C=O) groups excluding carboxylic acids is 1. The van der Waals surface area contributed by atoms with Crippen molar-refractivity contribution in [3.63, 3.8) is 0 Å². The second kappa shape index (κ2) is 8.20. The zero-order valence-electron chi connectivity index (χ0n) is 16.1. The van der Waals surface area contributed by atoms with E-state index in [1.165, 1.54) is 4.90 Å². The van der Waals surface area contributed by atoms with E-state index < -0.39 is 0 Å². The second-order valence-corrected chi connectivity index (χ2v) is 7.46. The van der Waals surface area contributed by atoms with Gasteiger partial charge in [0.1, 0.15) is 5.70 Å². The minimum Gasteiger partial charge on any atom is -0.493 e. The van der Waals surface area contributed by atoms with Crippen molar-refractivity contribution in [2.75, 3.05) is 12.0 Å². The van der Waals surface area contributed by atoms with Gasteiger partial charge in [0, 0.05) is 5.02 Å². The summed E-state index contributed by atoms with van der Waals surface area (Å²) in [5.41, 5.74) is 2.75. The number of amides is 1. The van der Waals surface area contributed by atoms with Gasteiger partial charge in [-0.3, -0.25) is 9.69 Å². The molecule has 0 spiro atoms. The maximum atomic E-state index is 12.9. The summed E-state index contributed by atoms with van der Waals surface area (Å²) in [6.45, 7) is 5.78. The van der Waals surface area contributed by atoms with E-state index in [1.807, 2.05) is 39.0 Å². The van der Waals surface area contributed by atoms with Gasteiger partial charge in [0.2, 0.25) is 0 Å². The van der Waals surface area contributed by atoms with Gasteiger partial charge in [-0.2, -0.15) is 0 Å². The Morgan fingerprint density at radius 3 is 2.57 bits per heavy atom. The Labute approximate surface area is 174 Å². The molecule has 1 fully saturated rings. The summed E-state index contributed by atoms with van der Waals surface area (Å²) in [6.07, 6.45) is 1.77. The summed E-state index contributed by atoms with van der Waals surface area (Å²) in [5, 5.41) is 3.93. The zero-order valence-corrected chi connectivity index (χ0v) is 17.6. The van der Waals surface area contributed by atoms with Crippen molar-refractivity contribution in [2.45, 2.75) is 26.9 Å². The van der Waals surface area contributed by atoms with Gasteiger partial charge < -0.3 is 14.8 Å². The predicted octanol–water partition coefficient (Wildman–Crippen LogP) is 4.71. The highest BCUT2D eigenvalue weighted by atomic mass is 35.5. The lowest BCUT2D eigenvalue weighted by Gasteiger charge is -2.16. The standard InChI is InChI=1S/C21H21ClN2O3S/c1-12(2)27-18-8-5-14(11-19(18)26-4)10-16-20(25)24(21(28)23-16)17-7-6-15(22)9-13(17)3/h5-12H,1-4H3,(H,23,28)/b16-10-. The average Bonchev–Trinajstić information content (AvgIpc) is 2.90. The highest BCUT2D eigenvalue weighted by molar-refractivity contribution is 7.80.